The maximum Gasteiger partial charge on any atom is 0.205 e. The van der Waals surface area contributed by atoms with Gasteiger partial charge >= 0.3 is 0 Å². The van der Waals surface area contributed by atoms with Crippen LogP contribution in [0.2, 0.25) is 0 Å². The zero-order chi connectivity index (χ0) is 16.8. The summed E-state index contributed by atoms with van der Waals surface area (Å²) in [7, 11) is 0. The molecule has 8 nitrogen and oxygen atoms in total. The Morgan fingerprint density at radius 3 is 1.95 bits per heavy atom. The number of aliphatic hydroxyl groups is 4. The monoisotopic (exact) mass is 328 g/mol. The highest BCUT2D eigenvalue weighted by molar-refractivity contribution is 7.17. The van der Waals surface area contributed by atoms with Crippen LogP contribution in [0, 0.1) is 0 Å². The third-order valence-electron chi connectivity index (χ3n) is 2.98. The first-order valence-electron chi connectivity index (χ1n) is 5.77. The molecule has 0 aliphatic carbocycles. The average molecular weight is 328 g/mol. The third-order valence-corrected chi connectivity index (χ3v) is 4.11. The van der Waals surface area contributed by atoms with E-state index >= 15 is 0 Å². The average Bonchev–Trinajstić information content (AvgIpc) is 2.88. The lowest BCUT2D eigenvalue weighted by Gasteiger charge is -2.06. The van der Waals surface area contributed by atoms with Gasteiger partial charge in [-0.1, -0.05) is 0 Å². The van der Waals surface area contributed by atoms with Crippen molar-refractivity contribution in [1.29, 1.82) is 0 Å². The molecule has 0 aliphatic rings. The lowest BCUT2D eigenvalue weighted by molar-refractivity contribution is 0.319. The molecule has 0 atom stereocenters. The normalized spacial score (nSPS) is 15.0. The summed E-state index contributed by atoms with van der Waals surface area (Å²) in [4.78, 5) is 0. The Balaban J connectivity index is 3.25. The summed E-state index contributed by atoms with van der Waals surface area (Å²) in [6.07, 6.45) is 0.531. The number of hydrogen-bond donors (Lipinski definition) is 8. The van der Waals surface area contributed by atoms with Gasteiger partial charge in [-0.25, -0.2) is 0 Å². The van der Waals surface area contributed by atoms with E-state index in [0.717, 1.165) is 6.92 Å². The molecule has 1 aromatic carbocycles. The number of aromatic hydroxyl groups is 4. The quantitative estimate of drug-likeness (QED) is 0.219. The molecule has 0 saturated heterocycles. The summed E-state index contributed by atoms with van der Waals surface area (Å²) >= 11 is 0.662. The zero-order valence-electron chi connectivity index (χ0n) is 11.1. The first kappa shape index (κ1) is 15.4. The Hall–Kier alpha value is -2.94. The van der Waals surface area contributed by atoms with Crippen molar-refractivity contribution >= 4 is 33.4 Å². The van der Waals surface area contributed by atoms with Crippen LogP contribution >= 0.6 is 11.3 Å². The molecule has 0 amide bonds. The number of hydrogen-bond acceptors (Lipinski definition) is 9. The van der Waals surface area contributed by atoms with Gasteiger partial charge < -0.3 is 40.9 Å². The molecule has 0 saturated carbocycles. The van der Waals surface area contributed by atoms with E-state index < -0.39 is 40.3 Å². The fourth-order valence-corrected chi connectivity index (χ4v) is 2.97. The molecule has 2 rings (SSSR count). The SMILES string of the molecule is C\C(O)=C(O)/C(O)=c1\c(=C\O)sc2c(O)c(O)c(O)c(O)c12. The van der Waals surface area contributed by atoms with Gasteiger partial charge in [0, 0.05) is 0 Å². The van der Waals surface area contributed by atoms with Gasteiger partial charge in [0.15, 0.2) is 23.0 Å². The molecular weight excluding hydrogens is 316 g/mol. The van der Waals surface area contributed by atoms with E-state index in [9.17, 15) is 40.9 Å². The summed E-state index contributed by atoms with van der Waals surface area (Å²) in [5.74, 6) is -6.11. The lowest BCUT2D eigenvalue weighted by atomic mass is 10.1. The molecule has 0 spiro atoms. The van der Waals surface area contributed by atoms with Crippen LogP contribution < -0.4 is 9.75 Å². The smallest absolute Gasteiger partial charge is 0.205 e. The second-order valence-electron chi connectivity index (χ2n) is 4.35. The summed E-state index contributed by atoms with van der Waals surface area (Å²) in [6.45, 7) is 1.09. The maximum absolute atomic E-state index is 10.0. The molecule has 118 valence electrons. The molecule has 0 aliphatic heterocycles. The highest BCUT2D eigenvalue weighted by Crippen LogP contribution is 2.48. The van der Waals surface area contributed by atoms with Gasteiger partial charge in [0.05, 0.1) is 26.1 Å². The number of phenols is 4. The molecule has 0 fully saturated rings. The zero-order valence-corrected chi connectivity index (χ0v) is 11.9. The Kier molecular flexibility index (Phi) is 3.59. The number of thiophene rings is 1. The molecule has 0 bridgehead atoms. The second-order valence-corrected chi connectivity index (χ2v) is 5.40. The molecule has 1 aromatic heterocycles. The molecule has 9 heteroatoms. The first-order valence-corrected chi connectivity index (χ1v) is 6.59. The van der Waals surface area contributed by atoms with Crippen LogP contribution in [-0.2, 0) is 0 Å². The van der Waals surface area contributed by atoms with E-state index in [-0.39, 0.29) is 19.8 Å². The predicted octanol–water partition coefficient (Wildman–Crippen LogP) is 1.03. The Morgan fingerprint density at radius 2 is 1.45 bits per heavy atom. The Morgan fingerprint density at radius 1 is 0.909 bits per heavy atom. The van der Waals surface area contributed by atoms with Crippen LogP contribution in [0.3, 0.4) is 0 Å². The molecule has 1 heterocycles. The van der Waals surface area contributed by atoms with Crippen LogP contribution in [0.4, 0.5) is 0 Å². The van der Waals surface area contributed by atoms with Crippen molar-refractivity contribution in [2.24, 2.45) is 0 Å². The van der Waals surface area contributed by atoms with E-state index in [1.807, 2.05) is 0 Å². The number of allylic oxidation sites excluding steroid dienone is 1. The minimum absolute atomic E-state index is 0.101. The van der Waals surface area contributed by atoms with E-state index in [0.29, 0.717) is 17.6 Å². The van der Waals surface area contributed by atoms with Gasteiger partial charge in [0.25, 0.3) is 0 Å². The minimum Gasteiger partial charge on any atom is -0.514 e. The summed E-state index contributed by atoms with van der Waals surface area (Å²) in [5, 5.41) is 76.3. The second kappa shape index (κ2) is 5.11. The number of aliphatic hydroxyl groups excluding tert-OH is 4. The maximum atomic E-state index is 10.0. The summed E-state index contributed by atoms with van der Waals surface area (Å²) in [5.41, 5.74) is 0. The standard InChI is InChI=1S/C13H12O8S/c1-3(15)7(16)8(17)5-4(2-14)22-13-6(5)9(18)10(19)11(20)12(13)21/h2,14-21H,1H3/b4-2-,7-3-,8-5-. The van der Waals surface area contributed by atoms with Crippen molar-refractivity contribution in [3.05, 3.63) is 21.3 Å². The van der Waals surface area contributed by atoms with Gasteiger partial charge in [0.2, 0.25) is 11.5 Å². The fourth-order valence-electron chi connectivity index (χ4n) is 1.91. The van der Waals surface area contributed by atoms with E-state index in [1.165, 1.54) is 0 Å². The van der Waals surface area contributed by atoms with Crippen molar-refractivity contribution in [3.63, 3.8) is 0 Å². The van der Waals surface area contributed by atoms with Gasteiger partial charge in [-0.15, -0.1) is 11.3 Å². The largest absolute Gasteiger partial charge is 0.514 e. The van der Waals surface area contributed by atoms with E-state index in [2.05, 4.69) is 0 Å². The number of phenolic OH excluding ortho intramolecular Hbond substituents is 4. The fraction of sp³-hybridized carbons (Fsp3) is 0.0769. The molecular formula is C13H12O8S. The van der Waals surface area contributed by atoms with E-state index in [1.54, 1.807) is 0 Å². The first-order chi connectivity index (χ1) is 10.2. The predicted molar refractivity (Wildman–Crippen MR) is 78.8 cm³/mol. The van der Waals surface area contributed by atoms with Crippen LogP contribution in [0.25, 0.3) is 22.1 Å². The summed E-state index contributed by atoms with van der Waals surface area (Å²) < 4.78 is -0.256. The van der Waals surface area contributed by atoms with Crippen molar-refractivity contribution in [2.45, 2.75) is 6.92 Å². The summed E-state index contributed by atoms with van der Waals surface area (Å²) in [6, 6.07) is 0. The highest BCUT2D eigenvalue weighted by atomic mass is 32.1. The van der Waals surface area contributed by atoms with Gasteiger partial charge in [-0.05, 0) is 6.92 Å². The topological polar surface area (TPSA) is 162 Å². The molecule has 2 aromatic rings. The molecule has 22 heavy (non-hydrogen) atoms. The molecule has 0 unspecified atom stereocenters. The van der Waals surface area contributed by atoms with Crippen molar-refractivity contribution in [3.8, 4) is 23.0 Å². The van der Waals surface area contributed by atoms with Crippen molar-refractivity contribution in [1.82, 2.24) is 0 Å². The number of benzene rings is 1. The van der Waals surface area contributed by atoms with Crippen molar-refractivity contribution < 1.29 is 40.9 Å². The van der Waals surface area contributed by atoms with Crippen LogP contribution in [0.5, 0.6) is 23.0 Å². The third kappa shape index (κ3) is 1.99. The van der Waals surface area contributed by atoms with Crippen LogP contribution in [0.1, 0.15) is 6.92 Å². The highest BCUT2D eigenvalue weighted by Gasteiger charge is 2.23. The van der Waals surface area contributed by atoms with Gasteiger partial charge in [-0.2, -0.15) is 0 Å². The number of fused-ring (bicyclic) bond motifs is 1. The minimum atomic E-state index is -1.04. The Bertz CT molecular complexity index is 918. The van der Waals surface area contributed by atoms with E-state index in [4.69, 9.17) is 0 Å². The Labute approximate surface area is 126 Å². The van der Waals surface area contributed by atoms with Crippen LogP contribution in [-0.4, -0.2) is 40.9 Å². The van der Waals surface area contributed by atoms with Gasteiger partial charge in [-0.3, -0.25) is 0 Å². The van der Waals surface area contributed by atoms with Crippen LogP contribution in [0.15, 0.2) is 11.5 Å². The number of rotatable bonds is 1. The molecule has 8 N–H and O–H groups in total. The molecule has 0 radical (unpaired) electrons. The lowest BCUT2D eigenvalue weighted by Crippen LogP contribution is -2.23. The van der Waals surface area contributed by atoms with Crippen molar-refractivity contribution in [2.75, 3.05) is 0 Å². The van der Waals surface area contributed by atoms with Gasteiger partial charge in [0.1, 0.15) is 5.76 Å².